The number of hydrogen-bond acceptors (Lipinski definition) is 3. The summed E-state index contributed by atoms with van der Waals surface area (Å²) in [5, 5.41) is 0. The Morgan fingerprint density at radius 1 is 1.31 bits per heavy atom. The minimum Gasteiger partial charge on any atom is -0.462 e. The van der Waals surface area contributed by atoms with Crippen LogP contribution in [0.2, 0.25) is 0 Å². The molecule has 16 heavy (non-hydrogen) atoms. The molecule has 0 aliphatic carbocycles. The Kier molecular flexibility index (Phi) is 4.92. The lowest BCUT2D eigenvalue weighted by molar-refractivity contribution is 0.0525. The van der Waals surface area contributed by atoms with Crippen LogP contribution < -0.4 is 0 Å². The molecule has 1 aromatic carbocycles. The van der Waals surface area contributed by atoms with Crippen molar-refractivity contribution in [1.82, 2.24) is 0 Å². The zero-order valence-electron chi connectivity index (χ0n) is 9.25. The van der Waals surface area contributed by atoms with Crippen LogP contribution in [0.4, 0.5) is 0 Å². The Balaban J connectivity index is 3.08. The Labute approximate surface area is 108 Å². The van der Waals surface area contributed by atoms with Crippen LogP contribution in [0.25, 0.3) is 0 Å². The molecule has 0 saturated heterocycles. The molecular formula is C12H13IO3. The van der Waals surface area contributed by atoms with Crippen LogP contribution in [0.1, 0.15) is 41.0 Å². The number of Topliss-reactive ketones (excluding diaryl/α,β-unsaturated/α-hetero) is 1. The van der Waals surface area contributed by atoms with E-state index >= 15 is 0 Å². The number of rotatable bonds is 4. The second-order valence-electron chi connectivity index (χ2n) is 3.19. The van der Waals surface area contributed by atoms with Gasteiger partial charge in [0.15, 0.2) is 5.78 Å². The Hall–Kier alpha value is -0.910. The van der Waals surface area contributed by atoms with E-state index in [1.165, 1.54) is 0 Å². The van der Waals surface area contributed by atoms with Crippen LogP contribution in [-0.4, -0.2) is 18.4 Å². The lowest BCUT2D eigenvalue weighted by Gasteiger charge is -2.06. The van der Waals surface area contributed by atoms with Crippen LogP contribution in [0, 0.1) is 3.57 Å². The van der Waals surface area contributed by atoms with Gasteiger partial charge in [0.25, 0.3) is 0 Å². The predicted octanol–water partition coefficient (Wildman–Crippen LogP) is 3.06. The molecule has 0 spiro atoms. The van der Waals surface area contributed by atoms with Crippen molar-refractivity contribution in [3.63, 3.8) is 0 Å². The highest BCUT2D eigenvalue weighted by atomic mass is 127. The van der Waals surface area contributed by atoms with Gasteiger partial charge in [-0.15, -0.1) is 0 Å². The quantitative estimate of drug-likeness (QED) is 0.484. The van der Waals surface area contributed by atoms with Crippen LogP contribution in [0.5, 0.6) is 0 Å². The number of carbonyl (C=O) groups is 2. The molecule has 0 N–H and O–H groups in total. The normalized spacial score (nSPS) is 9.94. The summed E-state index contributed by atoms with van der Waals surface area (Å²) < 4.78 is 5.72. The maximum Gasteiger partial charge on any atom is 0.339 e. The number of ketones is 1. The molecule has 0 amide bonds. The van der Waals surface area contributed by atoms with Crippen LogP contribution in [0.3, 0.4) is 0 Å². The topological polar surface area (TPSA) is 43.4 Å². The third-order valence-corrected chi connectivity index (χ3v) is 3.05. The fourth-order valence-corrected chi connectivity index (χ4v) is 1.82. The maximum atomic E-state index is 11.6. The number of benzene rings is 1. The lowest BCUT2D eigenvalue weighted by Crippen LogP contribution is -2.08. The predicted molar refractivity (Wildman–Crippen MR) is 69.7 cm³/mol. The number of hydrogen-bond donors (Lipinski definition) is 0. The summed E-state index contributed by atoms with van der Waals surface area (Å²) in [5.74, 6) is -0.348. The maximum absolute atomic E-state index is 11.6. The molecule has 0 atom stereocenters. The summed E-state index contributed by atoms with van der Waals surface area (Å²) in [6.07, 6.45) is 0.433. The molecule has 4 heteroatoms. The molecule has 1 aromatic rings. The van der Waals surface area contributed by atoms with Gasteiger partial charge in [-0.25, -0.2) is 4.79 Å². The van der Waals surface area contributed by atoms with Crippen LogP contribution in [0.15, 0.2) is 18.2 Å². The first-order valence-corrected chi connectivity index (χ1v) is 6.17. The van der Waals surface area contributed by atoms with E-state index in [2.05, 4.69) is 22.6 Å². The van der Waals surface area contributed by atoms with Crippen molar-refractivity contribution in [2.75, 3.05) is 6.61 Å². The van der Waals surface area contributed by atoms with Gasteiger partial charge in [-0.2, -0.15) is 0 Å². The first-order chi connectivity index (χ1) is 7.60. The molecule has 0 radical (unpaired) electrons. The molecule has 0 saturated carbocycles. The standard InChI is InChI=1S/C12H13IO3/c1-3-11(14)8-5-6-10(13)9(7-8)12(15)16-4-2/h5-7H,3-4H2,1-2H3. The zero-order valence-corrected chi connectivity index (χ0v) is 11.4. The monoisotopic (exact) mass is 332 g/mol. The van der Waals surface area contributed by atoms with Gasteiger partial charge in [-0.05, 0) is 41.6 Å². The van der Waals surface area contributed by atoms with Gasteiger partial charge in [0.2, 0.25) is 0 Å². The third kappa shape index (κ3) is 3.04. The molecule has 3 nitrogen and oxygen atoms in total. The summed E-state index contributed by atoms with van der Waals surface area (Å²) in [6, 6.07) is 5.09. The number of carbonyl (C=O) groups excluding carboxylic acids is 2. The van der Waals surface area contributed by atoms with Gasteiger partial charge in [-0.3, -0.25) is 4.79 Å². The fourth-order valence-electron chi connectivity index (χ4n) is 1.27. The van der Waals surface area contributed by atoms with E-state index in [-0.39, 0.29) is 11.8 Å². The van der Waals surface area contributed by atoms with E-state index in [1.807, 2.05) is 0 Å². The molecule has 1 rings (SSSR count). The SMILES string of the molecule is CCOC(=O)c1cc(C(=O)CC)ccc1I. The highest BCUT2D eigenvalue weighted by molar-refractivity contribution is 14.1. The van der Waals surface area contributed by atoms with Gasteiger partial charge < -0.3 is 4.74 Å². The highest BCUT2D eigenvalue weighted by Crippen LogP contribution is 2.16. The molecule has 0 heterocycles. The van der Waals surface area contributed by atoms with Crippen LogP contribution >= 0.6 is 22.6 Å². The Morgan fingerprint density at radius 3 is 2.56 bits per heavy atom. The summed E-state index contributed by atoms with van der Waals surface area (Å²) >= 11 is 2.06. The summed E-state index contributed by atoms with van der Waals surface area (Å²) in [7, 11) is 0. The molecular weight excluding hydrogens is 319 g/mol. The van der Waals surface area contributed by atoms with Crippen molar-refractivity contribution in [2.24, 2.45) is 0 Å². The molecule has 0 aliphatic rings. The summed E-state index contributed by atoms with van der Waals surface area (Å²) in [6.45, 7) is 3.89. The Bertz CT molecular complexity index is 413. The van der Waals surface area contributed by atoms with Gasteiger partial charge in [0.1, 0.15) is 0 Å². The van der Waals surface area contributed by atoms with Gasteiger partial charge in [0, 0.05) is 15.6 Å². The zero-order chi connectivity index (χ0) is 12.1. The molecule has 0 fully saturated rings. The van der Waals surface area contributed by atoms with Crippen molar-refractivity contribution in [3.05, 3.63) is 32.9 Å². The van der Waals surface area contributed by atoms with Gasteiger partial charge >= 0.3 is 5.97 Å². The second kappa shape index (κ2) is 5.98. The Morgan fingerprint density at radius 2 is 2.00 bits per heavy atom. The van der Waals surface area contributed by atoms with Gasteiger partial charge in [0.05, 0.1) is 12.2 Å². The second-order valence-corrected chi connectivity index (χ2v) is 4.35. The molecule has 86 valence electrons. The lowest BCUT2D eigenvalue weighted by atomic mass is 10.1. The number of esters is 1. The molecule has 0 unspecified atom stereocenters. The fraction of sp³-hybridized carbons (Fsp3) is 0.333. The molecule has 0 aromatic heterocycles. The number of halogens is 1. The smallest absolute Gasteiger partial charge is 0.339 e. The average molecular weight is 332 g/mol. The molecule has 0 aliphatic heterocycles. The van der Waals surface area contributed by atoms with E-state index in [0.29, 0.717) is 24.2 Å². The average Bonchev–Trinajstić information content (AvgIpc) is 2.29. The van der Waals surface area contributed by atoms with Crippen LogP contribution in [-0.2, 0) is 4.74 Å². The minimum atomic E-state index is -0.377. The van der Waals surface area contributed by atoms with Crippen molar-refractivity contribution in [1.29, 1.82) is 0 Å². The molecule has 0 bridgehead atoms. The van der Waals surface area contributed by atoms with E-state index in [4.69, 9.17) is 4.74 Å². The van der Waals surface area contributed by atoms with Crippen molar-refractivity contribution >= 4 is 34.3 Å². The summed E-state index contributed by atoms with van der Waals surface area (Å²) in [5.41, 5.74) is 1.02. The van der Waals surface area contributed by atoms with E-state index in [9.17, 15) is 9.59 Å². The highest BCUT2D eigenvalue weighted by Gasteiger charge is 2.13. The largest absolute Gasteiger partial charge is 0.462 e. The first-order valence-electron chi connectivity index (χ1n) is 5.10. The summed E-state index contributed by atoms with van der Waals surface area (Å²) in [4.78, 5) is 23.1. The first kappa shape index (κ1) is 13.2. The van der Waals surface area contributed by atoms with Crippen molar-refractivity contribution < 1.29 is 14.3 Å². The number of ether oxygens (including phenoxy) is 1. The van der Waals surface area contributed by atoms with E-state index in [0.717, 1.165) is 3.57 Å². The van der Waals surface area contributed by atoms with Gasteiger partial charge in [-0.1, -0.05) is 13.0 Å². The van der Waals surface area contributed by atoms with Crippen molar-refractivity contribution in [2.45, 2.75) is 20.3 Å². The van der Waals surface area contributed by atoms with E-state index in [1.54, 1.807) is 32.0 Å². The third-order valence-electron chi connectivity index (χ3n) is 2.10. The van der Waals surface area contributed by atoms with Crippen molar-refractivity contribution in [3.8, 4) is 0 Å². The minimum absolute atomic E-state index is 0.0296. The van der Waals surface area contributed by atoms with E-state index < -0.39 is 0 Å².